The topological polar surface area (TPSA) is 56.8 Å². The van der Waals surface area contributed by atoms with Crippen LogP contribution >= 0.6 is 11.6 Å². The molecule has 2 aromatic rings. The molecule has 0 spiro atoms. The highest BCUT2D eigenvalue weighted by atomic mass is 35.5. The third-order valence-corrected chi connectivity index (χ3v) is 3.56. The van der Waals surface area contributed by atoms with Crippen LogP contribution in [0.15, 0.2) is 42.5 Å². The molecule has 3 rings (SSSR count). The standard InChI is InChI=1S/C17H16ClNO4/c1-11(23-14-5-2-12(18)3-6-14)17(20)19-13-4-7-15-16(10-13)22-9-8-21-15/h2-7,10-11H,8-9H2,1H3,(H,19,20)/t11-/m0/s1. The molecule has 1 aliphatic heterocycles. The largest absolute Gasteiger partial charge is 0.486 e. The molecule has 0 saturated heterocycles. The summed E-state index contributed by atoms with van der Waals surface area (Å²) in [4.78, 5) is 12.2. The second-order valence-electron chi connectivity index (χ2n) is 5.06. The van der Waals surface area contributed by atoms with E-state index in [1.54, 1.807) is 49.4 Å². The molecule has 1 aliphatic rings. The van der Waals surface area contributed by atoms with Crippen molar-refractivity contribution in [1.82, 2.24) is 0 Å². The molecule has 0 aromatic heterocycles. The van der Waals surface area contributed by atoms with Crippen LogP contribution in [0.2, 0.25) is 5.02 Å². The summed E-state index contributed by atoms with van der Waals surface area (Å²) in [6.45, 7) is 2.72. The third kappa shape index (κ3) is 3.87. The molecule has 0 saturated carbocycles. The number of carbonyl (C=O) groups is 1. The van der Waals surface area contributed by atoms with Crippen LogP contribution in [0.4, 0.5) is 5.69 Å². The molecule has 1 N–H and O–H groups in total. The van der Waals surface area contributed by atoms with Crippen molar-refractivity contribution >= 4 is 23.2 Å². The average molecular weight is 334 g/mol. The van der Waals surface area contributed by atoms with E-state index in [4.69, 9.17) is 25.8 Å². The van der Waals surface area contributed by atoms with Crippen LogP contribution in [-0.2, 0) is 4.79 Å². The second kappa shape index (κ2) is 6.79. The highest BCUT2D eigenvalue weighted by molar-refractivity contribution is 6.30. The van der Waals surface area contributed by atoms with Gasteiger partial charge in [-0.2, -0.15) is 0 Å². The highest BCUT2D eigenvalue weighted by Crippen LogP contribution is 2.32. The number of hydrogen-bond donors (Lipinski definition) is 1. The lowest BCUT2D eigenvalue weighted by Gasteiger charge is -2.19. The molecule has 6 heteroatoms. The lowest BCUT2D eigenvalue weighted by molar-refractivity contribution is -0.122. The van der Waals surface area contributed by atoms with E-state index in [1.165, 1.54) is 0 Å². The molecule has 5 nitrogen and oxygen atoms in total. The number of amides is 1. The molecule has 23 heavy (non-hydrogen) atoms. The zero-order valence-electron chi connectivity index (χ0n) is 12.5. The van der Waals surface area contributed by atoms with Gasteiger partial charge >= 0.3 is 0 Å². The minimum atomic E-state index is -0.649. The molecule has 1 atom stereocenters. The van der Waals surface area contributed by atoms with E-state index in [2.05, 4.69) is 5.32 Å². The van der Waals surface area contributed by atoms with Crippen molar-refractivity contribution in [2.45, 2.75) is 13.0 Å². The van der Waals surface area contributed by atoms with E-state index in [0.29, 0.717) is 41.2 Å². The Hall–Kier alpha value is -2.40. The zero-order valence-corrected chi connectivity index (χ0v) is 13.3. The van der Waals surface area contributed by atoms with Crippen molar-refractivity contribution in [2.75, 3.05) is 18.5 Å². The van der Waals surface area contributed by atoms with Gasteiger partial charge in [-0.25, -0.2) is 0 Å². The van der Waals surface area contributed by atoms with Crippen LogP contribution in [-0.4, -0.2) is 25.2 Å². The van der Waals surface area contributed by atoms with Crippen LogP contribution < -0.4 is 19.5 Å². The van der Waals surface area contributed by atoms with E-state index in [0.717, 1.165) is 0 Å². The minimum Gasteiger partial charge on any atom is -0.486 e. The van der Waals surface area contributed by atoms with Crippen molar-refractivity contribution in [1.29, 1.82) is 0 Å². The molecule has 120 valence electrons. The Kier molecular flexibility index (Phi) is 4.57. The van der Waals surface area contributed by atoms with Gasteiger partial charge in [0, 0.05) is 16.8 Å². The Balaban J connectivity index is 1.63. The second-order valence-corrected chi connectivity index (χ2v) is 5.50. The number of fused-ring (bicyclic) bond motifs is 1. The molecular formula is C17H16ClNO4. The predicted octanol–water partition coefficient (Wildman–Crippen LogP) is 3.52. The first-order valence-corrected chi connectivity index (χ1v) is 7.62. The summed E-state index contributed by atoms with van der Waals surface area (Å²) in [5.74, 6) is 1.64. The van der Waals surface area contributed by atoms with Gasteiger partial charge < -0.3 is 19.5 Å². The Bertz CT molecular complexity index is 702. The molecule has 0 aliphatic carbocycles. The monoisotopic (exact) mass is 333 g/mol. The van der Waals surface area contributed by atoms with Gasteiger partial charge in [0.1, 0.15) is 19.0 Å². The maximum absolute atomic E-state index is 12.2. The summed E-state index contributed by atoms with van der Waals surface area (Å²) in [5, 5.41) is 3.41. The van der Waals surface area contributed by atoms with Crippen LogP contribution in [0.25, 0.3) is 0 Å². The highest BCUT2D eigenvalue weighted by Gasteiger charge is 2.17. The van der Waals surface area contributed by atoms with Crippen LogP contribution in [0.3, 0.4) is 0 Å². The lowest BCUT2D eigenvalue weighted by Crippen LogP contribution is -2.30. The molecule has 1 heterocycles. The smallest absolute Gasteiger partial charge is 0.265 e. The fourth-order valence-electron chi connectivity index (χ4n) is 2.14. The Morgan fingerprint density at radius 3 is 2.57 bits per heavy atom. The summed E-state index contributed by atoms with van der Waals surface area (Å²) in [6, 6.07) is 12.1. The predicted molar refractivity (Wildman–Crippen MR) is 87.6 cm³/mol. The summed E-state index contributed by atoms with van der Waals surface area (Å²) >= 11 is 5.82. The SMILES string of the molecule is C[C@H](Oc1ccc(Cl)cc1)C(=O)Nc1ccc2c(c1)OCCO2. The molecule has 0 bridgehead atoms. The summed E-state index contributed by atoms with van der Waals surface area (Å²) in [7, 11) is 0. The third-order valence-electron chi connectivity index (χ3n) is 3.31. The fourth-order valence-corrected chi connectivity index (χ4v) is 2.26. The normalized spacial score (nSPS) is 14.0. The first kappa shape index (κ1) is 15.5. The van der Waals surface area contributed by atoms with Crippen molar-refractivity contribution < 1.29 is 19.0 Å². The number of halogens is 1. The van der Waals surface area contributed by atoms with Crippen molar-refractivity contribution in [2.24, 2.45) is 0 Å². The van der Waals surface area contributed by atoms with E-state index < -0.39 is 6.10 Å². The van der Waals surface area contributed by atoms with Gasteiger partial charge in [-0.1, -0.05) is 11.6 Å². The number of benzene rings is 2. The molecule has 0 radical (unpaired) electrons. The summed E-state index contributed by atoms with van der Waals surface area (Å²) < 4.78 is 16.5. The van der Waals surface area contributed by atoms with E-state index in [-0.39, 0.29) is 5.91 Å². The van der Waals surface area contributed by atoms with Gasteiger partial charge in [0.25, 0.3) is 5.91 Å². The van der Waals surface area contributed by atoms with E-state index in [1.807, 2.05) is 0 Å². The minimum absolute atomic E-state index is 0.253. The molecule has 0 fully saturated rings. The van der Waals surface area contributed by atoms with Crippen LogP contribution in [0.1, 0.15) is 6.92 Å². The Morgan fingerprint density at radius 2 is 1.83 bits per heavy atom. The molecule has 1 amide bonds. The maximum Gasteiger partial charge on any atom is 0.265 e. The quantitative estimate of drug-likeness (QED) is 0.930. The van der Waals surface area contributed by atoms with E-state index in [9.17, 15) is 4.79 Å². The number of rotatable bonds is 4. The number of anilines is 1. The summed E-state index contributed by atoms with van der Waals surface area (Å²) in [5.41, 5.74) is 0.630. The molecule has 0 unspecified atom stereocenters. The van der Waals surface area contributed by atoms with E-state index >= 15 is 0 Å². The zero-order chi connectivity index (χ0) is 16.2. The van der Waals surface area contributed by atoms with Crippen LogP contribution in [0, 0.1) is 0 Å². The first-order valence-electron chi connectivity index (χ1n) is 7.24. The van der Waals surface area contributed by atoms with Gasteiger partial charge in [0.05, 0.1) is 0 Å². The first-order chi connectivity index (χ1) is 11.1. The van der Waals surface area contributed by atoms with Gasteiger partial charge in [-0.05, 0) is 43.3 Å². The Labute approximate surface area is 139 Å². The van der Waals surface area contributed by atoms with Crippen LogP contribution in [0.5, 0.6) is 17.2 Å². The van der Waals surface area contributed by atoms with Gasteiger partial charge in [0.2, 0.25) is 0 Å². The number of ether oxygens (including phenoxy) is 3. The van der Waals surface area contributed by atoms with Crippen molar-refractivity contribution in [3.63, 3.8) is 0 Å². The van der Waals surface area contributed by atoms with Crippen molar-refractivity contribution in [3.05, 3.63) is 47.5 Å². The number of carbonyl (C=O) groups excluding carboxylic acids is 1. The van der Waals surface area contributed by atoms with Gasteiger partial charge in [-0.15, -0.1) is 0 Å². The summed E-state index contributed by atoms with van der Waals surface area (Å²) in [6.07, 6.45) is -0.649. The van der Waals surface area contributed by atoms with Crippen molar-refractivity contribution in [3.8, 4) is 17.2 Å². The maximum atomic E-state index is 12.2. The van der Waals surface area contributed by atoms with Gasteiger partial charge in [0.15, 0.2) is 17.6 Å². The van der Waals surface area contributed by atoms with Gasteiger partial charge in [-0.3, -0.25) is 4.79 Å². The molecule has 2 aromatic carbocycles. The number of nitrogens with one attached hydrogen (secondary N) is 1. The Morgan fingerprint density at radius 1 is 1.13 bits per heavy atom. The fraction of sp³-hybridized carbons (Fsp3) is 0.235. The molecular weight excluding hydrogens is 318 g/mol. The number of hydrogen-bond acceptors (Lipinski definition) is 4. The average Bonchev–Trinajstić information content (AvgIpc) is 2.56. The lowest BCUT2D eigenvalue weighted by atomic mass is 10.2.